The van der Waals surface area contributed by atoms with Gasteiger partial charge in [0.15, 0.2) is 5.96 Å². The van der Waals surface area contributed by atoms with E-state index in [1.54, 1.807) is 30.4 Å². The number of esters is 1. The molecule has 0 fully saturated rings. The lowest BCUT2D eigenvalue weighted by Gasteiger charge is -2.11. The van der Waals surface area contributed by atoms with Crippen LogP contribution in [0, 0.1) is 0 Å². The highest BCUT2D eigenvalue weighted by atomic mass is 127. The fourth-order valence-corrected chi connectivity index (χ4v) is 2.94. The summed E-state index contributed by atoms with van der Waals surface area (Å²) in [6.45, 7) is 6.44. The third-order valence-electron chi connectivity index (χ3n) is 3.47. The molecule has 142 valence electrons. The zero-order valence-electron chi connectivity index (χ0n) is 15.2. The number of nitrogens with zero attached hydrogens (tertiary/aromatic N) is 1. The van der Waals surface area contributed by atoms with E-state index in [1.807, 2.05) is 19.1 Å². The maximum absolute atomic E-state index is 11.7. The molecular weight excluding hydrogens is 461 g/mol. The van der Waals surface area contributed by atoms with E-state index in [1.165, 1.54) is 4.88 Å². The molecule has 7 heteroatoms. The van der Waals surface area contributed by atoms with Crippen LogP contribution in [0.3, 0.4) is 0 Å². The van der Waals surface area contributed by atoms with Crippen molar-refractivity contribution in [2.45, 2.75) is 26.8 Å². The Hall–Kier alpha value is -1.61. The highest BCUT2D eigenvalue weighted by molar-refractivity contribution is 14.0. The Morgan fingerprint density at radius 1 is 1.15 bits per heavy atom. The van der Waals surface area contributed by atoms with Gasteiger partial charge in [-0.15, -0.1) is 35.3 Å². The summed E-state index contributed by atoms with van der Waals surface area (Å²) in [7, 11) is 0. The van der Waals surface area contributed by atoms with Crippen molar-refractivity contribution in [1.82, 2.24) is 10.6 Å². The number of benzene rings is 1. The van der Waals surface area contributed by atoms with Crippen LogP contribution in [-0.4, -0.2) is 31.6 Å². The first-order valence-corrected chi connectivity index (χ1v) is 9.41. The summed E-state index contributed by atoms with van der Waals surface area (Å²) >= 11 is 1.77. The number of aliphatic imine (C=N–C) groups is 1. The standard InChI is InChI=1S/C19H25N3O2S.HI/c1-3-20-19(21-12-11-17-6-5-13-25-17)22-14-15-7-9-16(10-8-15)18(23)24-4-2;/h5-10,13H,3-4,11-12,14H2,1-2H3,(H2,20,21,22);1H. The third-order valence-corrected chi connectivity index (χ3v) is 4.41. The number of rotatable bonds is 8. The highest BCUT2D eigenvalue weighted by Gasteiger charge is 2.05. The van der Waals surface area contributed by atoms with Crippen molar-refractivity contribution < 1.29 is 9.53 Å². The molecule has 1 aromatic heterocycles. The summed E-state index contributed by atoms with van der Waals surface area (Å²) in [6, 6.07) is 11.6. The van der Waals surface area contributed by atoms with Crippen LogP contribution in [0.25, 0.3) is 0 Å². The Bertz CT molecular complexity index is 673. The third kappa shape index (κ3) is 7.74. The van der Waals surface area contributed by atoms with Gasteiger partial charge < -0.3 is 15.4 Å². The number of guanidine groups is 1. The Labute approximate surface area is 176 Å². The van der Waals surface area contributed by atoms with Gasteiger partial charge in [-0.3, -0.25) is 0 Å². The van der Waals surface area contributed by atoms with E-state index in [0.717, 1.165) is 31.0 Å². The molecule has 26 heavy (non-hydrogen) atoms. The minimum Gasteiger partial charge on any atom is -0.462 e. The highest BCUT2D eigenvalue weighted by Crippen LogP contribution is 2.09. The maximum Gasteiger partial charge on any atom is 0.338 e. The van der Waals surface area contributed by atoms with Gasteiger partial charge in [-0.1, -0.05) is 18.2 Å². The van der Waals surface area contributed by atoms with Gasteiger partial charge >= 0.3 is 5.97 Å². The van der Waals surface area contributed by atoms with Gasteiger partial charge in [-0.25, -0.2) is 9.79 Å². The van der Waals surface area contributed by atoms with Gasteiger partial charge in [0.2, 0.25) is 0 Å². The molecule has 0 unspecified atom stereocenters. The number of hydrogen-bond acceptors (Lipinski definition) is 4. The van der Waals surface area contributed by atoms with Crippen molar-refractivity contribution in [3.63, 3.8) is 0 Å². The van der Waals surface area contributed by atoms with Crippen molar-refractivity contribution in [2.24, 2.45) is 4.99 Å². The fourth-order valence-electron chi connectivity index (χ4n) is 2.23. The van der Waals surface area contributed by atoms with Crippen molar-refractivity contribution >= 4 is 47.2 Å². The molecule has 0 aliphatic carbocycles. The van der Waals surface area contributed by atoms with Gasteiger partial charge in [0.25, 0.3) is 0 Å². The summed E-state index contributed by atoms with van der Waals surface area (Å²) in [4.78, 5) is 17.6. The van der Waals surface area contributed by atoms with Gasteiger partial charge in [-0.2, -0.15) is 0 Å². The molecule has 5 nitrogen and oxygen atoms in total. The molecule has 1 aromatic carbocycles. The Morgan fingerprint density at radius 3 is 2.54 bits per heavy atom. The molecule has 2 N–H and O–H groups in total. The van der Waals surface area contributed by atoms with Gasteiger partial charge in [0.05, 0.1) is 18.7 Å². The molecule has 0 atom stereocenters. The molecule has 2 aromatic rings. The zero-order valence-corrected chi connectivity index (χ0v) is 18.3. The number of hydrogen-bond donors (Lipinski definition) is 2. The van der Waals surface area contributed by atoms with Crippen LogP contribution in [0.4, 0.5) is 0 Å². The van der Waals surface area contributed by atoms with Crippen LogP contribution in [-0.2, 0) is 17.7 Å². The van der Waals surface area contributed by atoms with Crippen molar-refractivity contribution in [3.8, 4) is 0 Å². The first-order valence-electron chi connectivity index (χ1n) is 8.53. The second-order valence-electron chi connectivity index (χ2n) is 5.37. The van der Waals surface area contributed by atoms with Crippen molar-refractivity contribution in [3.05, 3.63) is 57.8 Å². The quantitative estimate of drug-likeness (QED) is 0.257. The molecule has 0 spiro atoms. The fraction of sp³-hybridized carbons (Fsp3) is 0.368. The molecule has 0 bridgehead atoms. The van der Waals surface area contributed by atoms with E-state index in [0.29, 0.717) is 18.7 Å². The van der Waals surface area contributed by atoms with Gasteiger partial charge in [0.1, 0.15) is 0 Å². The van der Waals surface area contributed by atoms with Crippen molar-refractivity contribution in [2.75, 3.05) is 19.7 Å². The van der Waals surface area contributed by atoms with Crippen LogP contribution in [0.15, 0.2) is 46.8 Å². The predicted octanol–water partition coefficient (Wildman–Crippen LogP) is 3.84. The number of carbonyl (C=O) groups excluding carboxylic acids is 1. The van der Waals surface area contributed by atoms with E-state index < -0.39 is 0 Å². The summed E-state index contributed by atoms with van der Waals surface area (Å²) in [5.41, 5.74) is 1.61. The van der Waals surface area contributed by atoms with E-state index >= 15 is 0 Å². The molecule has 1 heterocycles. The van der Waals surface area contributed by atoms with Crippen LogP contribution >= 0.6 is 35.3 Å². The van der Waals surface area contributed by atoms with Crippen LogP contribution in [0.5, 0.6) is 0 Å². The lowest BCUT2D eigenvalue weighted by Crippen LogP contribution is -2.38. The van der Waals surface area contributed by atoms with Crippen LogP contribution in [0.1, 0.15) is 34.6 Å². The molecule has 0 radical (unpaired) electrons. The van der Waals surface area contributed by atoms with Crippen molar-refractivity contribution in [1.29, 1.82) is 0 Å². The topological polar surface area (TPSA) is 62.7 Å². The molecule has 0 aliphatic heterocycles. The number of carbonyl (C=O) groups is 1. The second-order valence-corrected chi connectivity index (χ2v) is 6.40. The minimum atomic E-state index is -0.291. The number of halogens is 1. The number of nitrogens with one attached hydrogen (secondary N) is 2. The van der Waals surface area contributed by atoms with Crippen LogP contribution < -0.4 is 10.6 Å². The summed E-state index contributed by atoms with van der Waals surface area (Å²) < 4.78 is 4.99. The molecule has 0 amide bonds. The monoisotopic (exact) mass is 487 g/mol. The Morgan fingerprint density at radius 2 is 1.92 bits per heavy atom. The minimum absolute atomic E-state index is 0. The van der Waals surface area contributed by atoms with E-state index in [4.69, 9.17) is 4.74 Å². The first kappa shape index (κ1) is 22.4. The van der Waals surface area contributed by atoms with Gasteiger partial charge in [-0.05, 0) is 49.4 Å². The van der Waals surface area contributed by atoms with E-state index in [2.05, 4.69) is 33.1 Å². The van der Waals surface area contributed by atoms with E-state index in [-0.39, 0.29) is 29.9 Å². The average molecular weight is 487 g/mol. The summed E-state index contributed by atoms with van der Waals surface area (Å²) in [6.07, 6.45) is 0.982. The zero-order chi connectivity index (χ0) is 17.9. The molecule has 2 rings (SSSR count). The Balaban J connectivity index is 0.00000338. The average Bonchev–Trinajstić information content (AvgIpc) is 3.14. The molecule has 0 saturated heterocycles. The molecule has 0 aliphatic rings. The lowest BCUT2D eigenvalue weighted by atomic mass is 10.1. The summed E-state index contributed by atoms with van der Waals surface area (Å²) in [5.74, 6) is 0.509. The normalized spacial score (nSPS) is 10.8. The predicted molar refractivity (Wildman–Crippen MR) is 119 cm³/mol. The number of thiophene rings is 1. The number of ether oxygens (including phenoxy) is 1. The SMILES string of the molecule is CCNC(=NCc1ccc(C(=O)OCC)cc1)NCCc1cccs1.I. The molecular formula is C19H26IN3O2S. The van der Waals surface area contributed by atoms with Gasteiger partial charge in [0, 0.05) is 18.0 Å². The summed E-state index contributed by atoms with van der Waals surface area (Å²) in [5, 5.41) is 8.69. The molecule has 0 saturated carbocycles. The lowest BCUT2D eigenvalue weighted by molar-refractivity contribution is 0.0526. The Kier molecular flexibility index (Phi) is 11.0. The largest absolute Gasteiger partial charge is 0.462 e. The second kappa shape index (κ2) is 12.7. The smallest absolute Gasteiger partial charge is 0.338 e. The first-order chi connectivity index (χ1) is 12.2. The van der Waals surface area contributed by atoms with E-state index in [9.17, 15) is 4.79 Å². The maximum atomic E-state index is 11.7. The van der Waals surface area contributed by atoms with Crippen LogP contribution in [0.2, 0.25) is 0 Å².